The van der Waals surface area contributed by atoms with Crippen LogP contribution in [0.5, 0.6) is 0 Å². The van der Waals surface area contributed by atoms with Crippen molar-refractivity contribution in [1.29, 1.82) is 0 Å². The molecule has 0 N–H and O–H groups in total. The number of ether oxygens (including phenoxy) is 4. The Bertz CT molecular complexity index is 875. The quantitative estimate of drug-likeness (QED) is 0.176. The largest absolute Gasteiger partial charge is 1.00 e. The van der Waals surface area contributed by atoms with Crippen LogP contribution in [0.25, 0.3) is 0 Å². The molecule has 4 fully saturated rings. The second-order valence-electron chi connectivity index (χ2n) is 9.66. The summed E-state index contributed by atoms with van der Waals surface area (Å²) in [5.74, 6) is 0. The minimum atomic E-state index is 0. The summed E-state index contributed by atoms with van der Waals surface area (Å²) in [4.78, 5) is 0. The van der Waals surface area contributed by atoms with Crippen LogP contribution < -0.4 is 29.6 Å². The molecule has 311 valence electrons. The van der Waals surface area contributed by atoms with Crippen molar-refractivity contribution >= 4 is 57.9 Å². The summed E-state index contributed by atoms with van der Waals surface area (Å²) in [5, 5.41) is 0. The SMILES string of the molecule is C1CCOC1.C1CCOC1.C1CCOC1.C1CCOC1.Cc1cc[cH-]c1.Cc1cc[cH-]c1.Cc1cc[cH-]c1.[C-]#[O+].[C-]#[O+].[C-]#[O+].[C-]#[O+].[C-]#[O+].[C-]#[O+].[Cl][Mn+].[Mn].[Mn].[Na+].[Sn].[Sn]. The van der Waals surface area contributed by atoms with Crippen molar-refractivity contribution in [2.75, 3.05) is 52.9 Å². The van der Waals surface area contributed by atoms with Gasteiger partial charge in [-0.3, -0.25) is 0 Å². The standard InChI is InChI=1S/3C6H7.4C4H8O.6CO.ClH.3Mn.Na.2Sn/c3*1-6-4-2-3-5-6;4*1-2-4-5-3-1;6*1-2;;;;;;;/h3*2-5H,1H3;4*1-4H2;;;;;;;1H;;;;;;/q3*-1;;;;;;;;;;;;;;+2;+1;;/p-1. The van der Waals surface area contributed by atoms with Gasteiger partial charge in [-0.05, 0) is 51.4 Å². The minimum absolute atomic E-state index is 0. The van der Waals surface area contributed by atoms with E-state index >= 15 is 0 Å². The maximum atomic E-state index is 7.50. The van der Waals surface area contributed by atoms with Gasteiger partial charge in [0.1, 0.15) is 0 Å². The molecule has 0 atom stereocenters. The second-order valence-corrected chi connectivity index (χ2v) is 9.66. The molecule has 3 aromatic rings. The molecule has 10 radical (unpaired) electrons. The summed E-state index contributed by atoms with van der Waals surface area (Å²) in [6.07, 6.45) is 10.2. The second kappa shape index (κ2) is 101. The molecule has 0 unspecified atom stereocenters. The molecule has 4 aliphatic rings. The van der Waals surface area contributed by atoms with Gasteiger partial charge in [-0.15, -0.1) is 0 Å². The molecule has 17 heteroatoms. The number of hydrogen-bond donors (Lipinski definition) is 0. The Morgan fingerprint density at radius 3 is 0.596 bits per heavy atom. The van der Waals surface area contributed by atoms with E-state index < -0.39 is 0 Å². The molecule has 0 spiro atoms. The van der Waals surface area contributed by atoms with Crippen molar-refractivity contribution < 1.29 is 126 Å². The summed E-state index contributed by atoms with van der Waals surface area (Å²) < 4.78 is 64.8. The Kier molecular flexibility index (Phi) is 158. The molecule has 0 bridgehead atoms. The van der Waals surface area contributed by atoms with Crippen molar-refractivity contribution in [3.63, 3.8) is 0 Å². The Labute approximate surface area is 433 Å². The first kappa shape index (κ1) is 88.9. The van der Waals surface area contributed by atoms with Crippen LogP contribution >= 0.6 is 10.1 Å². The minimum Gasteiger partial charge on any atom is 0 e. The van der Waals surface area contributed by atoms with E-state index in [1.807, 2.05) is 36.4 Å². The van der Waals surface area contributed by atoms with Gasteiger partial charge in [0.2, 0.25) is 0 Å². The maximum Gasteiger partial charge on any atom is 1.00 e. The van der Waals surface area contributed by atoms with E-state index in [4.69, 9.17) is 46.9 Å². The van der Waals surface area contributed by atoms with Gasteiger partial charge in [0, 0.05) is 135 Å². The van der Waals surface area contributed by atoms with Gasteiger partial charge in [-0.2, -0.15) is 54.6 Å². The fourth-order valence-electron chi connectivity index (χ4n) is 3.45. The van der Waals surface area contributed by atoms with E-state index in [0.717, 1.165) is 52.9 Å². The number of aryl methyl sites for hydroxylation is 3. The van der Waals surface area contributed by atoms with E-state index in [9.17, 15) is 0 Å². The summed E-state index contributed by atoms with van der Waals surface area (Å²) in [6, 6.07) is 24.7. The van der Waals surface area contributed by atoms with Crippen LogP contribution in [-0.2, 0) is 96.1 Å². The smallest absolute Gasteiger partial charge is 0 e. The summed E-state index contributed by atoms with van der Waals surface area (Å²) in [6.45, 7) is 41.2. The van der Waals surface area contributed by atoms with Gasteiger partial charge in [0.25, 0.3) is 0 Å². The van der Waals surface area contributed by atoms with Gasteiger partial charge < -0.3 is 18.9 Å². The van der Waals surface area contributed by atoms with Crippen LogP contribution in [0, 0.1) is 60.7 Å². The van der Waals surface area contributed by atoms with Gasteiger partial charge in [0.05, 0.1) is 0 Å². The number of halogens is 1. The third-order valence-corrected chi connectivity index (χ3v) is 5.80. The Hall–Kier alpha value is 0.776. The molecule has 0 aliphatic carbocycles. The van der Waals surface area contributed by atoms with Crippen LogP contribution in [0.3, 0.4) is 0 Å². The van der Waals surface area contributed by atoms with Gasteiger partial charge >= 0.3 is 123 Å². The van der Waals surface area contributed by atoms with Crippen molar-refractivity contribution in [3.05, 3.63) is 129 Å². The predicted molar refractivity (Wildman–Crippen MR) is 201 cm³/mol. The Morgan fingerprint density at radius 2 is 0.561 bits per heavy atom. The van der Waals surface area contributed by atoms with E-state index in [1.54, 1.807) is 0 Å². The van der Waals surface area contributed by atoms with Gasteiger partial charge in [-0.25, -0.2) is 34.9 Å². The summed E-state index contributed by atoms with van der Waals surface area (Å²) in [7, 11) is 4.45. The van der Waals surface area contributed by atoms with Crippen LogP contribution in [0.1, 0.15) is 68.1 Å². The van der Waals surface area contributed by atoms with Gasteiger partial charge in [0.15, 0.2) is 0 Å². The zero-order chi connectivity index (χ0) is 41.4. The number of hydrogen-bond acceptors (Lipinski definition) is 4. The molecule has 3 aromatic carbocycles. The molecule has 4 aliphatic heterocycles. The normalized spacial score (nSPS) is 11.5. The van der Waals surface area contributed by atoms with Crippen LogP contribution in [0.2, 0.25) is 0 Å². The molecule has 7 rings (SSSR count). The Morgan fingerprint density at radius 1 is 0.421 bits per heavy atom. The Balaban J connectivity index is -0.0000000389. The van der Waals surface area contributed by atoms with Gasteiger partial charge in [-0.1, -0.05) is 20.8 Å². The zero-order valence-electron chi connectivity index (χ0n) is 33.3. The van der Waals surface area contributed by atoms with Crippen molar-refractivity contribution in [2.45, 2.75) is 72.1 Å². The maximum absolute atomic E-state index is 7.50. The summed E-state index contributed by atoms with van der Waals surface area (Å²) >= 11 is 2.41. The molecular formula is C40H53ClMn3NaO10Sn2-. The van der Waals surface area contributed by atoms with E-state index in [-0.39, 0.29) is 112 Å². The van der Waals surface area contributed by atoms with Crippen molar-refractivity contribution in [1.82, 2.24) is 0 Å². The fourth-order valence-corrected chi connectivity index (χ4v) is 3.45. The third kappa shape index (κ3) is 97.6. The van der Waals surface area contributed by atoms with E-state index in [2.05, 4.69) is 122 Å². The molecule has 10 nitrogen and oxygen atoms in total. The van der Waals surface area contributed by atoms with Crippen LogP contribution in [-0.4, -0.2) is 101 Å². The molecular weight excluding hydrogens is 1100 g/mol. The van der Waals surface area contributed by atoms with Crippen LogP contribution in [0.4, 0.5) is 0 Å². The first-order valence-electron chi connectivity index (χ1n) is 15.9. The molecule has 0 saturated carbocycles. The van der Waals surface area contributed by atoms with E-state index in [0.29, 0.717) is 0 Å². The average molecular weight is 1150 g/mol. The first-order chi connectivity index (χ1) is 25.7. The predicted octanol–water partition coefficient (Wildman–Crippen LogP) is 5.03. The van der Waals surface area contributed by atoms with E-state index in [1.165, 1.54) is 68.1 Å². The first-order valence-corrected chi connectivity index (χ1v) is 17.5. The molecule has 57 heavy (non-hydrogen) atoms. The fraction of sp³-hybridized carbons (Fsp3) is 0.475. The van der Waals surface area contributed by atoms with Crippen molar-refractivity contribution in [2.24, 2.45) is 0 Å². The van der Waals surface area contributed by atoms with Crippen molar-refractivity contribution in [3.8, 4) is 0 Å². The molecule has 4 saturated heterocycles. The van der Waals surface area contributed by atoms with Crippen LogP contribution in [0.15, 0.2) is 72.8 Å². The number of rotatable bonds is 0. The third-order valence-electron chi connectivity index (χ3n) is 5.80. The monoisotopic (exact) mass is 1160 g/mol. The average Bonchev–Trinajstić information content (AvgIpc) is 4.08. The summed E-state index contributed by atoms with van der Waals surface area (Å²) in [5.41, 5.74) is 4.03. The topological polar surface area (TPSA) is 156 Å². The molecule has 0 amide bonds. The molecule has 0 aromatic heterocycles. The molecule has 4 heterocycles. The zero-order valence-corrected chi connectivity index (χ0v) is 45.3.